The number of pyridine rings is 1. The molecule has 0 atom stereocenters. The molecule has 0 aliphatic carbocycles. The van der Waals surface area contributed by atoms with Gasteiger partial charge in [0.05, 0.1) is 23.4 Å². The number of rotatable bonds is 7. The summed E-state index contributed by atoms with van der Waals surface area (Å²) in [6.45, 7) is 10.2. The molecule has 8 nitrogen and oxygen atoms in total. The third-order valence-corrected chi connectivity index (χ3v) is 5.86. The van der Waals surface area contributed by atoms with Gasteiger partial charge in [0.1, 0.15) is 10.7 Å². The highest BCUT2D eigenvalue weighted by Crippen LogP contribution is 2.28. The van der Waals surface area contributed by atoms with E-state index in [-0.39, 0.29) is 29.2 Å². The normalized spacial score (nSPS) is 11.6. The van der Waals surface area contributed by atoms with Crippen LogP contribution in [0, 0.1) is 12.8 Å². The van der Waals surface area contributed by atoms with Crippen LogP contribution in [0.15, 0.2) is 21.9 Å². The van der Waals surface area contributed by atoms with E-state index in [0.29, 0.717) is 44.7 Å². The Hall–Kier alpha value is -2.94. The lowest BCUT2D eigenvalue weighted by molar-refractivity contribution is 0.100. The maximum absolute atomic E-state index is 13.3. The lowest BCUT2D eigenvalue weighted by Gasteiger charge is -2.15. The van der Waals surface area contributed by atoms with Gasteiger partial charge in [-0.15, -0.1) is 11.3 Å². The number of hydrogen-bond donors (Lipinski definition) is 2. The van der Waals surface area contributed by atoms with Crippen molar-refractivity contribution in [2.45, 2.75) is 47.1 Å². The minimum atomic E-state index is -0.575. The minimum absolute atomic E-state index is 0.0399. The molecule has 0 unspecified atom stereocenters. The Kier molecular flexibility index (Phi) is 6.12. The maximum atomic E-state index is 13.3. The second-order valence-corrected chi connectivity index (χ2v) is 9.01. The lowest BCUT2D eigenvalue weighted by Crippen LogP contribution is -2.27. The van der Waals surface area contributed by atoms with Gasteiger partial charge >= 0.3 is 0 Å². The molecule has 0 saturated heterocycles. The van der Waals surface area contributed by atoms with Crippen LogP contribution in [0.5, 0.6) is 5.75 Å². The van der Waals surface area contributed by atoms with Crippen LogP contribution in [0.4, 0.5) is 0 Å². The van der Waals surface area contributed by atoms with Crippen LogP contribution in [0.1, 0.15) is 60.4 Å². The highest BCUT2D eigenvalue weighted by atomic mass is 32.1. The van der Waals surface area contributed by atoms with Gasteiger partial charge in [0.25, 0.3) is 11.5 Å². The number of aryl methyl sites for hydroxylation is 1. The zero-order valence-corrected chi connectivity index (χ0v) is 18.6. The molecule has 0 aliphatic heterocycles. The Bertz CT molecular complexity index is 1220. The van der Waals surface area contributed by atoms with Crippen molar-refractivity contribution in [1.29, 1.82) is 0 Å². The average Bonchev–Trinajstić information content (AvgIpc) is 3.00. The number of nitrogens with two attached hydrogens (primary N) is 1. The molecule has 160 valence electrons. The molecule has 30 heavy (non-hydrogen) atoms. The molecule has 0 fully saturated rings. The first-order chi connectivity index (χ1) is 14.1. The zero-order valence-electron chi connectivity index (χ0n) is 17.7. The average molecular weight is 431 g/mol. The Labute approximate surface area is 177 Å². The summed E-state index contributed by atoms with van der Waals surface area (Å²) < 4.78 is 7.06. The molecule has 9 heteroatoms. The van der Waals surface area contributed by atoms with E-state index in [2.05, 4.69) is 9.97 Å². The van der Waals surface area contributed by atoms with Crippen LogP contribution in [-0.2, 0) is 6.54 Å². The van der Waals surface area contributed by atoms with Crippen molar-refractivity contribution in [2.24, 2.45) is 11.7 Å². The number of amides is 1. The van der Waals surface area contributed by atoms with E-state index in [1.54, 1.807) is 6.92 Å². The summed E-state index contributed by atoms with van der Waals surface area (Å²) in [4.78, 5) is 45.9. The molecule has 0 bridgehead atoms. The van der Waals surface area contributed by atoms with Gasteiger partial charge in [0.2, 0.25) is 5.43 Å². The molecule has 0 aliphatic rings. The quantitative estimate of drug-likeness (QED) is 0.597. The number of H-pyrrole nitrogens is 1. The summed E-state index contributed by atoms with van der Waals surface area (Å²) in [5.74, 6) is 0.506. The number of aromatic amines is 1. The Morgan fingerprint density at radius 2 is 2.00 bits per heavy atom. The van der Waals surface area contributed by atoms with Crippen LogP contribution < -0.4 is 21.5 Å². The van der Waals surface area contributed by atoms with Crippen molar-refractivity contribution in [1.82, 2.24) is 14.5 Å². The van der Waals surface area contributed by atoms with Crippen molar-refractivity contribution < 1.29 is 9.53 Å². The fraction of sp³-hybridized carbons (Fsp3) is 0.429. The summed E-state index contributed by atoms with van der Waals surface area (Å²) in [5.41, 5.74) is 6.03. The van der Waals surface area contributed by atoms with Gasteiger partial charge in [-0.05, 0) is 18.4 Å². The van der Waals surface area contributed by atoms with Gasteiger partial charge < -0.3 is 15.5 Å². The molecule has 1 amide bonds. The Morgan fingerprint density at radius 3 is 2.57 bits per heavy atom. The van der Waals surface area contributed by atoms with E-state index < -0.39 is 5.91 Å². The number of primary amides is 1. The highest BCUT2D eigenvalue weighted by Gasteiger charge is 2.21. The number of hydrogen-bond acceptors (Lipinski definition) is 6. The third-order valence-electron chi connectivity index (χ3n) is 4.66. The maximum Gasteiger partial charge on any atom is 0.262 e. The predicted octanol–water partition coefficient (Wildman–Crippen LogP) is 2.76. The van der Waals surface area contributed by atoms with Crippen molar-refractivity contribution in [2.75, 3.05) is 6.61 Å². The van der Waals surface area contributed by atoms with Crippen molar-refractivity contribution >= 4 is 27.5 Å². The second-order valence-electron chi connectivity index (χ2n) is 8.01. The number of fused-ring (bicyclic) bond motifs is 1. The molecular weight excluding hydrogens is 404 g/mol. The largest absolute Gasteiger partial charge is 0.488 e. The van der Waals surface area contributed by atoms with Gasteiger partial charge in [-0.2, -0.15) is 0 Å². The fourth-order valence-electron chi connectivity index (χ4n) is 3.19. The SMILES string of the molecule is Cc1c(C(N)=O)sc2nc(C(C)C)n(Cc3cc(=O)c(OCC(C)C)c[nH]3)c(=O)c12. The minimum Gasteiger partial charge on any atom is -0.488 e. The number of aromatic nitrogens is 3. The number of ether oxygens (including phenoxy) is 1. The van der Waals surface area contributed by atoms with Gasteiger partial charge in [0, 0.05) is 23.9 Å². The first-order valence-electron chi connectivity index (χ1n) is 9.78. The molecule has 3 aromatic rings. The molecule has 3 rings (SSSR count). The molecule has 0 radical (unpaired) electrons. The lowest BCUT2D eigenvalue weighted by atomic mass is 10.1. The molecule has 3 aromatic heterocycles. The fourth-order valence-corrected chi connectivity index (χ4v) is 4.22. The highest BCUT2D eigenvalue weighted by molar-refractivity contribution is 7.20. The van der Waals surface area contributed by atoms with Crippen LogP contribution in [0.3, 0.4) is 0 Å². The van der Waals surface area contributed by atoms with Gasteiger partial charge in [-0.25, -0.2) is 4.98 Å². The van der Waals surface area contributed by atoms with E-state index in [9.17, 15) is 14.4 Å². The van der Waals surface area contributed by atoms with Crippen LogP contribution in [0.25, 0.3) is 10.2 Å². The molecular formula is C21H26N4O4S. The first-order valence-corrected chi connectivity index (χ1v) is 10.6. The molecule has 0 spiro atoms. The summed E-state index contributed by atoms with van der Waals surface area (Å²) in [6.07, 6.45) is 1.52. The predicted molar refractivity (Wildman–Crippen MR) is 118 cm³/mol. The van der Waals surface area contributed by atoms with Crippen LogP contribution >= 0.6 is 11.3 Å². The first kappa shape index (κ1) is 21.8. The number of thiophene rings is 1. The topological polar surface area (TPSA) is 120 Å². The smallest absolute Gasteiger partial charge is 0.262 e. The number of carbonyl (C=O) groups is 1. The van der Waals surface area contributed by atoms with Crippen molar-refractivity contribution in [3.8, 4) is 5.75 Å². The third kappa shape index (κ3) is 4.16. The van der Waals surface area contributed by atoms with Gasteiger partial charge in [-0.3, -0.25) is 19.0 Å². The summed E-state index contributed by atoms with van der Waals surface area (Å²) in [5, 5.41) is 0.387. The Morgan fingerprint density at radius 1 is 1.30 bits per heavy atom. The summed E-state index contributed by atoms with van der Waals surface area (Å²) in [6, 6.07) is 1.44. The molecule has 0 aromatic carbocycles. The van der Waals surface area contributed by atoms with Crippen molar-refractivity contribution in [3.63, 3.8) is 0 Å². The number of nitrogens with zero attached hydrogens (tertiary/aromatic N) is 2. The summed E-state index contributed by atoms with van der Waals surface area (Å²) in [7, 11) is 0. The standard InChI is InChI=1S/C21H26N4O4S/c1-10(2)9-29-15-7-23-13(6-14(15)26)8-25-19(11(3)4)24-20-16(21(25)28)12(5)17(30-20)18(22)27/h6-7,10-11H,8-9H2,1-5H3,(H2,22,27)(H,23,26). The van der Waals surface area contributed by atoms with E-state index in [4.69, 9.17) is 10.5 Å². The van der Waals surface area contributed by atoms with Gasteiger partial charge in [-0.1, -0.05) is 27.7 Å². The molecule has 0 saturated carbocycles. The van der Waals surface area contributed by atoms with Crippen LogP contribution in [0.2, 0.25) is 0 Å². The Balaban J connectivity index is 2.08. The van der Waals surface area contributed by atoms with Gasteiger partial charge in [0.15, 0.2) is 5.75 Å². The monoisotopic (exact) mass is 430 g/mol. The van der Waals surface area contributed by atoms with E-state index in [1.165, 1.54) is 16.8 Å². The van der Waals surface area contributed by atoms with E-state index in [0.717, 1.165) is 11.3 Å². The molecule has 3 heterocycles. The van der Waals surface area contributed by atoms with Crippen molar-refractivity contribution in [3.05, 3.63) is 54.8 Å². The number of nitrogens with one attached hydrogen (secondary N) is 1. The van der Waals surface area contributed by atoms with E-state index >= 15 is 0 Å². The molecule has 3 N–H and O–H groups in total. The second kappa shape index (κ2) is 8.43. The van der Waals surface area contributed by atoms with E-state index in [1.807, 2.05) is 27.7 Å². The zero-order chi connectivity index (χ0) is 22.2. The number of carbonyl (C=O) groups excluding carboxylic acids is 1. The summed E-state index contributed by atoms with van der Waals surface area (Å²) >= 11 is 1.13. The van der Waals surface area contributed by atoms with Crippen LogP contribution in [-0.4, -0.2) is 27.0 Å².